The predicted molar refractivity (Wildman–Crippen MR) is 65.0 cm³/mol. The first-order chi connectivity index (χ1) is 7.29. The van der Waals surface area contributed by atoms with Crippen LogP contribution in [0.5, 0.6) is 0 Å². The van der Waals surface area contributed by atoms with Gasteiger partial charge in [0.05, 0.1) is 6.61 Å². The number of aliphatic hydroxyl groups is 1. The normalized spacial score (nSPS) is 17.7. The molecular weight excluding hydrogens is 254 g/mol. The molecule has 15 heavy (non-hydrogen) atoms. The van der Waals surface area contributed by atoms with Gasteiger partial charge in [0.1, 0.15) is 0 Å². The van der Waals surface area contributed by atoms with Gasteiger partial charge in [0.25, 0.3) is 0 Å². The van der Waals surface area contributed by atoms with E-state index in [1.165, 1.54) is 18.4 Å². The molecule has 0 amide bonds. The summed E-state index contributed by atoms with van der Waals surface area (Å²) >= 11 is 3.41. The van der Waals surface area contributed by atoms with Gasteiger partial charge in [-0.2, -0.15) is 0 Å². The standard InChI is InChI=1S/C12H16BrNO/c13-11-3-1-9(2-4-11)10(8-15)7-14-12-5-6-12/h1-4,10,12,14-15H,5-8H2. The Hall–Kier alpha value is -0.380. The van der Waals surface area contributed by atoms with E-state index in [9.17, 15) is 5.11 Å². The van der Waals surface area contributed by atoms with Crippen molar-refractivity contribution in [1.29, 1.82) is 0 Å². The second-order valence-electron chi connectivity index (χ2n) is 4.11. The molecule has 1 fully saturated rings. The topological polar surface area (TPSA) is 32.3 Å². The highest BCUT2D eigenvalue weighted by molar-refractivity contribution is 9.10. The van der Waals surface area contributed by atoms with Gasteiger partial charge in [-0.05, 0) is 30.5 Å². The molecule has 1 aliphatic rings. The van der Waals surface area contributed by atoms with E-state index < -0.39 is 0 Å². The maximum absolute atomic E-state index is 9.33. The van der Waals surface area contributed by atoms with E-state index in [-0.39, 0.29) is 12.5 Å². The van der Waals surface area contributed by atoms with Crippen molar-refractivity contribution in [3.8, 4) is 0 Å². The van der Waals surface area contributed by atoms with Crippen LogP contribution in [-0.4, -0.2) is 24.3 Å². The van der Waals surface area contributed by atoms with Crippen molar-refractivity contribution in [3.05, 3.63) is 34.3 Å². The third-order valence-corrected chi connectivity index (χ3v) is 3.32. The molecule has 2 N–H and O–H groups in total. The van der Waals surface area contributed by atoms with Crippen LogP contribution in [0.4, 0.5) is 0 Å². The first kappa shape index (κ1) is 11.1. The average Bonchev–Trinajstić information content (AvgIpc) is 3.05. The van der Waals surface area contributed by atoms with E-state index in [2.05, 4.69) is 33.4 Å². The second kappa shape index (κ2) is 5.10. The van der Waals surface area contributed by atoms with Crippen LogP contribution in [0.2, 0.25) is 0 Å². The van der Waals surface area contributed by atoms with E-state index in [1.807, 2.05) is 12.1 Å². The second-order valence-corrected chi connectivity index (χ2v) is 5.03. The van der Waals surface area contributed by atoms with Crippen molar-refractivity contribution in [2.75, 3.05) is 13.2 Å². The molecule has 0 aliphatic heterocycles. The van der Waals surface area contributed by atoms with Crippen LogP contribution in [0.15, 0.2) is 28.7 Å². The van der Waals surface area contributed by atoms with Crippen LogP contribution < -0.4 is 5.32 Å². The Bertz CT molecular complexity index is 308. The first-order valence-electron chi connectivity index (χ1n) is 5.39. The molecule has 3 heteroatoms. The molecule has 0 saturated heterocycles. The van der Waals surface area contributed by atoms with E-state index in [0.29, 0.717) is 6.04 Å². The molecule has 0 heterocycles. The van der Waals surface area contributed by atoms with Gasteiger partial charge in [-0.15, -0.1) is 0 Å². The fourth-order valence-corrected chi connectivity index (χ4v) is 1.88. The van der Waals surface area contributed by atoms with Gasteiger partial charge >= 0.3 is 0 Å². The lowest BCUT2D eigenvalue weighted by Gasteiger charge is -2.15. The summed E-state index contributed by atoms with van der Waals surface area (Å²) in [4.78, 5) is 0. The lowest BCUT2D eigenvalue weighted by Crippen LogP contribution is -2.25. The Morgan fingerprint density at radius 2 is 2.00 bits per heavy atom. The largest absolute Gasteiger partial charge is 0.396 e. The molecule has 1 atom stereocenters. The minimum absolute atomic E-state index is 0.210. The lowest BCUT2D eigenvalue weighted by molar-refractivity contribution is 0.261. The lowest BCUT2D eigenvalue weighted by atomic mass is 10.0. The van der Waals surface area contributed by atoms with Crippen molar-refractivity contribution in [2.45, 2.75) is 24.8 Å². The molecule has 1 aliphatic carbocycles. The Labute approximate surface area is 98.8 Å². The Balaban J connectivity index is 1.94. The van der Waals surface area contributed by atoms with E-state index in [1.54, 1.807) is 0 Å². The Kier molecular flexibility index (Phi) is 3.78. The van der Waals surface area contributed by atoms with Gasteiger partial charge in [0.15, 0.2) is 0 Å². The quantitative estimate of drug-likeness (QED) is 0.860. The van der Waals surface area contributed by atoms with Crippen molar-refractivity contribution in [3.63, 3.8) is 0 Å². The summed E-state index contributed by atoms with van der Waals surface area (Å²) < 4.78 is 1.08. The zero-order chi connectivity index (χ0) is 10.7. The third-order valence-electron chi connectivity index (χ3n) is 2.79. The first-order valence-corrected chi connectivity index (χ1v) is 6.18. The summed E-state index contributed by atoms with van der Waals surface area (Å²) in [6, 6.07) is 8.89. The molecule has 1 aromatic carbocycles. The summed E-state index contributed by atoms with van der Waals surface area (Å²) in [7, 11) is 0. The van der Waals surface area contributed by atoms with Crippen molar-refractivity contribution in [1.82, 2.24) is 5.32 Å². The highest BCUT2D eigenvalue weighted by atomic mass is 79.9. The molecule has 1 saturated carbocycles. The Morgan fingerprint density at radius 1 is 1.33 bits per heavy atom. The van der Waals surface area contributed by atoms with Gasteiger partial charge in [-0.3, -0.25) is 0 Å². The molecule has 82 valence electrons. The van der Waals surface area contributed by atoms with Crippen molar-refractivity contribution < 1.29 is 5.11 Å². The number of hydrogen-bond acceptors (Lipinski definition) is 2. The fourth-order valence-electron chi connectivity index (χ4n) is 1.62. The minimum Gasteiger partial charge on any atom is -0.396 e. The zero-order valence-corrected chi connectivity index (χ0v) is 10.2. The smallest absolute Gasteiger partial charge is 0.0511 e. The molecular formula is C12H16BrNO. The van der Waals surface area contributed by atoms with E-state index in [4.69, 9.17) is 0 Å². The molecule has 1 unspecified atom stereocenters. The highest BCUT2D eigenvalue weighted by Gasteiger charge is 2.22. The SMILES string of the molecule is OCC(CNC1CC1)c1ccc(Br)cc1. The van der Waals surface area contributed by atoms with Gasteiger partial charge in [-0.25, -0.2) is 0 Å². The fraction of sp³-hybridized carbons (Fsp3) is 0.500. The number of halogens is 1. The number of nitrogens with one attached hydrogen (secondary N) is 1. The zero-order valence-electron chi connectivity index (χ0n) is 8.62. The monoisotopic (exact) mass is 269 g/mol. The molecule has 0 spiro atoms. The Morgan fingerprint density at radius 3 is 2.53 bits per heavy atom. The van der Waals surface area contributed by atoms with Gasteiger partial charge in [-0.1, -0.05) is 28.1 Å². The average molecular weight is 270 g/mol. The number of benzene rings is 1. The van der Waals surface area contributed by atoms with Crippen molar-refractivity contribution in [2.24, 2.45) is 0 Å². The predicted octanol–water partition coefficient (Wildman–Crippen LogP) is 2.28. The summed E-state index contributed by atoms with van der Waals surface area (Å²) in [5.74, 6) is 0.221. The van der Waals surface area contributed by atoms with Crippen molar-refractivity contribution >= 4 is 15.9 Å². The maximum Gasteiger partial charge on any atom is 0.0511 e. The van der Waals surface area contributed by atoms with Crippen LogP contribution in [0.1, 0.15) is 24.3 Å². The number of hydrogen-bond donors (Lipinski definition) is 2. The van der Waals surface area contributed by atoms with Gasteiger partial charge in [0.2, 0.25) is 0 Å². The maximum atomic E-state index is 9.33. The van der Waals surface area contributed by atoms with Crippen LogP contribution in [-0.2, 0) is 0 Å². The minimum atomic E-state index is 0.210. The summed E-state index contributed by atoms with van der Waals surface area (Å²) in [6.07, 6.45) is 2.58. The summed E-state index contributed by atoms with van der Waals surface area (Å²) in [5, 5.41) is 12.8. The van der Waals surface area contributed by atoms with Crippen LogP contribution in [0.3, 0.4) is 0 Å². The molecule has 0 aromatic heterocycles. The summed E-state index contributed by atoms with van der Waals surface area (Å²) in [5.41, 5.74) is 1.20. The molecule has 0 radical (unpaired) electrons. The van der Waals surface area contributed by atoms with Gasteiger partial charge in [0, 0.05) is 23.0 Å². The summed E-state index contributed by atoms with van der Waals surface area (Å²) in [6.45, 7) is 1.09. The molecule has 0 bridgehead atoms. The van der Waals surface area contributed by atoms with Gasteiger partial charge < -0.3 is 10.4 Å². The molecule has 1 aromatic rings. The van der Waals surface area contributed by atoms with E-state index in [0.717, 1.165) is 11.0 Å². The van der Waals surface area contributed by atoms with Crippen LogP contribution in [0, 0.1) is 0 Å². The van der Waals surface area contributed by atoms with Crippen LogP contribution in [0.25, 0.3) is 0 Å². The molecule has 2 rings (SSSR count). The highest BCUT2D eigenvalue weighted by Crippen LogP contribution is 2.22. The third kappa shape index (κ3) is 3.30. The van der Waals surface area contributed by atoms with Crippen LogP contribution >= 0.6 is 15.9 Å². The van der Waals surface area contributed by atoms with E-state index >= 15 is 0 Å². The number of rotatable bonds is 5. The molecule has 2 nitrogen and oxygen atoms in total. The number of aliphatic hydroxyl groups excluding tert-OH is 1.